The van der Waals surface area contributed by atoms with Crippen LogP contribution in [0, 0.1) is 0 Å². The van der Waals surface area contributed by atoms with E-state index in [4.69, 9.17) is 9.47 Å². The van der Waals surface area contributed by atoms with E-state index in [0.717, 1.165) is 19.3 Å². The van der Waals surface area contributed by atoms with Gasteiger partial charge < -0.3 is 40.1 Å². The lowest BCUT2D eigenvalue weighted by Gasteiger charge is -2.42. The Balaban J connectivity index is 2.20. The van der Waals surface area contributed by atoms with Gasteiger partial charge in [-0.1, -0.05) is 84.0 Å². The van der Waals surface area contributed by atoms with Crippen molar-refractivity contribution >= 4 is 5.97 Å². The molecule has 3 unspecified atom stereocenters. The van der Waals surface area contributed by atoms with Gasteiger partial charge in [0, 0.05) is 6.42 Å². The van der Waals surface area contributed by atoms with Crippen molar-refractivity contribution < 1.29 is 44.9 Å². The molecule has 7 atom stereocenters. The number of hydrogen-bond acceptors (Lipinski definition) is 9. The highest BCUT2D eigenvalue weighted by Crippen LogP contribution is 2.25. The number of rotatable bonds is 19. The molecule has 1 rings (SSSR count). The number of esters is 1. The summed E-state index contributed by atoms with van der Waals surface area (Å²) in [5.74, 6) is -0.578. The molecule has 202 valence electrons. The lowest BCUT2D eigenvalue weighted by molar-refractivity contribution is -0.260. The van der Waals surface area contributed by atoms with Crippen LogP contribution in [0.15, 0.2) is 0 Å². The van der Waals surface area contributed by atoms with Crippen molar-refractivity contribution in [2.24, 2.45) is 0 Å². The molecule has 0 amide bonds. The molecule has 0 saturated carbocycles. The fourth-order valence-corrected chi connectivity index (χ4v) is 4.35. The summed E-state index contributed by atoms with van der Waals surface area (Å²) < 4.78 is 10.4. The van der Waals surface area contributed by atoms with Crippen LogP contribution in [0.1, 0.15) is 96.8 Å². The molecule has 9 nitrogen and oxygen atoms in total. The van der Waals surface area contributed by atoms with E-state index in [1.807, 2.05) is 0 Å². The minimum atomic E-state index is -1.68. The molecule has 1 aliphatic heterocycles. The molecule has 0 aromatic rings. The van der Waals surface area contributed by atoms with E-state index in [9.17, 15) is 35.4 Å². The highest BCUT2D eigenvalue weighted by Gasteiger charge is 2.48. The average Bonchev–Trinajstić information content (AvgIpc) is 2.83. The molecule has 0 radical (unpaired) electrons. The summed E-state index contributed by atoms with van der Waals surface area (Å²) in [4.78, 5) is 12.1. The molecule has 0 aromatic heterocycles. The minimum absolute atomic E-state index is 0.148. The Kier molecular flexibility index (Phi) is 16.9. The Labute approximate surface area is 204 Å². The second-order valence-corrected chi connectivity index (χ2v) is 9.49. The Morgan fingerprint density at radius 1 is 0.794 bits per heavy atom. The van der Waals surface area contributed by atoms with E-state index >= 15 is 0 Å². The van der Waals surface area contributed by atoms with E-state index in [0.29, 0.717) is 6.42 Å². The highest BCUT2D eigenvalue weighted by atomic mass is 16.6. The zero-order valence-corrected chi connectivity index (χ0v) is 20.8. The Hall–Kier alpha value is -0.810. The summed E-state index contributed by atoms with van der Waals surface area (Å²) in [6.07, 6.45) is 5.03. The molecule has 0 aromatic carbocycles. The second-order valence-electron chi connectivity index (χ2n) is 9.49. The van der Waals surface area contributed by atoms with Crippen LogP contribution in [0.3, 0.4) is 0 Å². The summed E-state index contributed by atoms with van der Waals surface area (Å²) in [5, 5.41) is 59.1. The molecule has 6 N–H and O–H groups in total. The number of unbranched alkanes of at least 4 members (excludes halogenated alkanes) is 12. The Morgan fingerprint density at radius 2 is 1.29 bits per heavy atom. The van der Waals surface area contributed by atoms with Crippen molar-refractivity contribution in [3.63, 3.8) is 0 Å². The first-order valence-electron chi connectivity index (χ1n) is 13.2. The van der Waals surface area contributed by atoms with Gasteiger partial charge in [-0.05, 0) is 6.42 Å². The van der Waals surface area contributed by atoms with E-state index < -0.39 is 61.9 Å². The number of aliphatic hydroxyl groups is 6. The van der Waals surface area contributed by atoms with Crippen molar-refractivity contribution in [3.8, 4) is 0 Å². The van der Waals surface area contributed by atoms with Crippen LogP contribution >= 0.6 is 0 Å². The van der Waals surface area contributed by atoms with Gasteiger partial charge in [0.25, 0.3) is 0 Å². The molecular formula is C25H48O9. The first kappa shape index (κ1) is 31.2. The van der Waals surface area contributed by atoms with Gasteiger partial charge in [-0.15, -0.1) is 0 Å². The van der Waals surface area contributed by atoms with Gasteiger partial charge in [-0.25, -0.2) is 0 Å². The molecule has 34 heavy (non-hydrogen) atoms. The number of carbonyl (C=O) groups is 1. The fourth-order valence-electron chi connectivity index (χ4n) is 4.35. The number of hydrogen-bond donors (Lipinski definition) is 6. The molecule has 0 aliphatic carbocycles. The standard InChI is InChI=1S/C25H48O9/c1-2-3-4-5-6-7-8-9-10-11-12-13-14-15-20(28)33-19(17-27)22(30)25-24(32)23(31)21(29)18(16-26)34-25/h18-19,21-27,29-32H,2-17H2,1H3/t18-,19?,21-,22?,23+,24-,25?/m1/s1. The molecule has 1 heterocycles. The zero-order chi connectivity index (χ0) is 25.3. The molecule has 9 heteroatoms. The van der Waals surface area contributed by atoms with Crippen LogP contribution in [-0.2, 0) is 14.3 Å². The lowest BCUT2D eigenvalue weighted by atomic mass is 9.90. The third-order valence-electron chi connectivity index (χ3n) is 6.59. The Morgan fingerprint density at radius 3 is 1.76 bits per heavy atom. The predicted octanol–water partition coefficient (Wildman–Crippen LogP) is 1.58. The maximum atomic E-state index is 12.1. The maximum absolute atomic E-state index is 12.1. The van der Waals surface area contributed by atoms with Crippen LogP contribution < -0.4 is 0 Å². The summed E-state index contributed by atoms with van der Waals surface area (Å²) >= 11 is 0. The smallest absolute Gasteiger partial charge is 0.306 e. The third-order valence-corrected chi connectivity index (χ3v) is 6.59. The van der Waals surface area contributed by atoms with Crippen molar-refractivity contribution in [2.45, 2.75) is 140 Å². The number of ether oxygens (including phenoxy) is 2. The van der Waals surface area contributed by atoms with Crippen molar-refractivity contribution in [1.82, 2.24) is 0 Å². The lowest BCUT2D eigenvalue weighted by Crippen LogP contribution is -2.63. The van der Waals surface area contributed by atoms with Gasteiger partial charge in [-0.2, -0.15) is 0 Å². The fraction of sp³-hybridized carbons (Fsp3) is 0.960. The van der Waals surface area contributed by atoms with Crippen molar-refractivity contribution in [2.75, 3.05) is 13.2 Å². The Bertz CT molecular complexity index is 517. The van der Waals surface area contributed by atoms with Gasteiger partial charge in [-0.3, -0.25) is 4.79 Å². The van der Waals surface area contributed by atoms with Crippen LogP contribution in [-0.4, -0.2) is 92.5 Å². The van der Waals surface area contributed by atoms with Gasteiger partial charge in [0.2, 0.25) is 0 Å². The molecule has 1 aliphatic rings. The molecule has 0 spiro atoms. The zero-order valence-electron chi connectivity index (χ0n) is 20.8. The third kappa shape index (κ3) is 11.3. The maximum Gasteiger partial charge on any atom is 0.306 e. The second kappa shape index (κ2) is 18.5. The van der Waals surface area contributed by atoms with Crippen LogP contribution in [0.25, 0.3) is 0 Å². The van der Waals surface area contributed by atoms with E-state index in [1.165, 1.54) is 57.8 Å². The quantitative estimate of drug-likeness (QED) is 0.116. The van der Waals surface area contributed by atoms with Gasteiger partial charge >= 0.3 is 5.97 Å². The number of carbonyl (C=O) groups excluding carboxylic acids is 1. The first-order chi connectivity index (χ1) is 16.4. The normalized spacial score (nSPS) is 26.9. The monoisotopic (exact) mass is 492 g/mol. The molecule has 1 saturated heterocycles. The van der Waals surface area contributed by atoms with Gasteiger partial charge in [0.05, 0.1) is 13.2 Å². The topological polar surface area (TPSA) is 157 Å². The summed E-state index contributed by atoms with van der Waals surface area (Å²) in [5.41, 5.74) is 0. The van der Waals surface area contributed by atoms with Crippen molar-refractivity contribution in [3.05, 3.63) is 0 Å². The SMILES string of the molecule is CCCCCCCCCCCCCCCC(=O)OC(CO)C(O)C1O[C@H](CO)[C@@H](O)[C@H](O)[C@H]1O. The molecule has 1 fully saturated rings. The van der Waals surface area contributed by atoms with Gasteiger partial charge in [0.1, 0.15) is 36.6 Å². The summed E-state index contributed by atoms with van der Waals surface area (Å²) in [6.45, 7) is 0.879. The van der Waals surface area contributed by atoms with Crippen LogP contribution in [0.4, 0.5) is 0 Å². The van der Waals surface area contributed by atoms with Crippen LogP contribution in [0.5, 0.6) is 0 Å². The number of aliphatic hydroxyl groups excluding tert-OH is 6. The highest BCUT2D eigenvalue weighted by molar-refractivity contribution is 5.69. The minimum Gasteiger partial charge on any atom is -0.457 e. The largest absolute Gasteiger partial charge is 0.457 e. The average molecular weight is 493 g/mol. The van der Waals surface area contributed by atoms with E-state index in [-0.39, 0.29) is 6.42 Å². The summed E-state index contributed by atoms with van der Waals surface area (Å²) in [6, 6.07) is 0. The first-order valence-corrected chi connectivity index (χ1v) is 13.2. The summed E-state index contributed by atoms with van der Waals surface area (Å²) in [7, 11) is 0. The predicted molar refractivity (Wildman–Crippen MR) is 127 cm³/mol. The van der Waals surface area contributed by atoms with Crippen molar-refractivity contribution in [1.29, 1.82) is 0 Å². The van der Waals surface area contributed by atoms with Crippen LogP contribution in [0.2, 0.25) is 0 Å². The van der Waals surface area contributed by atoms with E-state index in [2.05, 4.69) is 6.92 Å². The van der Waals surface area contributed by atoms with Gasteiger partial charge in [0.15, 0.2) is 6.10 Å². The van der Waals surface area contributed by atoms with E-state index in [1.54, 1.807) is 0 Å². The molecular weight excluding hydrogens is 444 g/mol. The molecule has 0 bridgehead atoms.